The molecule has 1 aromatic rings. The van der Waals surface area contributed by atoms with Crippen LogP contribution in [0.5, 0.6) is 5.75 Å². The molecule has 1 aliphatic rings. The molecule has 6 heteroatoms. The molecule has 0 bridgehead atoms. The Morgan fingerprint density at radius 2 is 2.21 bits per heavy atom. The van der Waals surface area contributed by atoms with Crippen LogP contribution < -0.4 is 10.1 Å². The molecule has 1 heterocycles. The molecule has 104 valence electrons. The Bertz CT molecular complexity index is 448. The average molecular weight is 282 g/mol. The summed E-state index contributed by atoms with van der Waals surface area (Å²) in [6, 6.07) is 5.50. The van der Waals surface area contributed by atoms with Crippen molar-refractivity contribution in [1.82, 2.24) is 0 Å². The van der Waals surface area contributed by atoms with E-state index in [0.717, 1.165) is 24.3 Å². The minimum Gasteiger partial charge on any atom is -0.487 e. The van der Waals surface area contributed by atoms with E-state index < -0.39 is 0 Å². The Kier molecular flexibility index (Phi) is 4.90. The van der Waals surface area contributed by atoms with Crippen LogP contribution in [-0.2, 0) is 0 Å². The molecule has 1 saturated heterocycles. The number of nitro benzene ring substituents is 1. The third-order valence-electron chi connectivity index (χ3n) is 3.06. The van der Waals surface area contributed by atoms with Crippen LogP contribution in [-0.4, -0.2) is 29.1 Å². The summed E-state index contributed by atoms with van der Waals surface area (Å²) in [5.41, 5.74) is 0.607. The molecule has 1 fully saturated rings. The van der Waals surface area contributed by atoms with E-state index in [1.54, 1.807) is 18.2 Å². The fourth-order valence-corrected chi connectivity index (χ4v) is 3.27. The van der Waals surface area contributed by atoms with Gasteiger partial charge in [0.2, 0.25) is 0 Å². The second-order valence-electron chi connectivity index (χ2n) is 4.37. The van der Waals surface area contributed by atoms with Gasteiger partial charge in [-0.3, -0.25) is 10.1 Å². The van der Waals surface area contributed by atoms with E-state index in [-0.39, 0.29) is 10.6 Å². The van der Waals surface area contributed by atoms with Gasteiger partial charge in [0.1, 0.15) is 5.69 Å². The summed E-state index contributed by atoms with van der Waals surface area (Å²) >= 11 is 1.93. The van der Waals surface area contributed by atoms with E-state index in [2.05, 4.69) is 5.32 Å². The molecule has 0 spiro atoms. The predicted molar refractivity (Wildman–Crippen MR) is 78.2 cm³/mol. The van der Waals surface area contributed by atoms with E-state index in [0.29, 0.717) is 24.1 Å². The number of thioether (sulfide) groups is 1. The maximum atomic E-state index is 11.2. The second kappa shape index (κ2) is 6.65. The first-order valence-electron chi connectivity index (χ1n) is 6.47. The lowest BCUT2D eigenvalue weighted by molar-refractivity contribution is -0.385. The van der Waals surface area contributed by atoms with Gasteiger partial charge in [-0.2, -0.15) is 11.8 Å². The number of benzene rings is 1. The molecule has 0 radical (unpaired) electrons. The van der Waals surface area contributed by atoms with Gasteiger partial charge in [-0.25, -0.2) is 0 Å². The lowest BCUT2D eigenvalue weighted by Gasteiger charge is -2.23. The normalized spacial score (nSPS) is 16.1. The highest BCUT2D eigenvalue weighted by Crippen LogP contribution is 2.36. The molecule has 2 rings (SSSR count). The number of nitrogens with zero attached hydrogens (tertiary/aromatic N) is 1. The van der Waals surface area contributed by atoms with Crippen molar-refractivity contribution in [1.29, 1.82) is 0 Å². The maximum absolute atomic E-state index is 11.2. The molecule has 0 saturated carbocycles. The van der Waals surface area contributed by atoms with Crippen molar-refractivity contribution >= 4 is 23.1 Å². The zero-order valence-electron chi connectivity index (χ0n) is 10.9. The first-order chi connectivity index (χ1) is 9.22. The molecule has 1 aromatic carbocycles. The number of nitro groups is 1. The van der Waals surface area contributed by atoms with Crippen LogP contribution in [0.1, 0.15) is 19.8 Å². The Balaban J connectivity index is 2.22. The average Bonchev–Trinajstić information content (AvgIpc) is 2.40. The van der Waals surface area contributed by atoms with Gasteiger partial charge >= 0.3 is 5.69 Å². The van der Waals surface area contributed by atoms with E-state index in [1.165, 1.54) is 0 Å². The predicted octanol–water partition coefficient (Wildman–Crippen LogP) is 3.30. The topological polar surface area (TPSA) is 64.4 Å². The summed E-state index contributed by atoms with van der Waals surface area (Å²) in [7, 11) is 0. The first kappa shape index (κ1) is 14.0. The van der Waals surface area contributed by atoms with Crippen molar-refractivity contribution < 1.29 is 9.66 Å². The highest BCUT2D eigenvalue weighted by molar-refractivity contribution is 7.99. The van der Waals surface area contributed by atoms with E-state index >= 15 is 0 Å². The van der Waals surface area contributed by atoms with Gasteiger partial charge in [0.25, 0.3) is 0 Å². The molecule has 0 aromatic heterocycles. The summed E-state index contributed by atoms with van der Waals surface area (Å²) in [5.74, 6) is 2.55. The monoisotopic (exact) mass is 282 g/mol. The number of ether oxygens (including phenoxy) is 1. The summed E-state index contributed by atoms with van der Waals surface area (Å²) in [4.78, 5) is 10.9. The first-order valence-corrected chi connectivity index (χ1v) is 7.62. The van der Waals surface area contributed by atoms with Crippen molar-refractivity contribution in [3.8, 4) is 5.75 Å². The molecule has 0 unspecified atom stereocenters. The van der Waals surface area contributed by atoms with Crippen LogP contribution in [0.4, 0.5) is 11.4 Å². The lowest BCUT2D eigenvalue weighted by Crippen LogP contribution is -2.24. The van der Waals surface area contributed by atoms with Crippen molar-refractivity contribution in [3.05, 3.63) is 28.3 Å². The Morgan fingerprint density at radius 1 is 1.47 bits per heavy atom. The zero-order chi connectivity index (χ0) is 13.7. The summed E-state index contributed by atoms with van der Waals surface area (Å²) in [5, 5.41) is 14.5. The standard InChI is InChI=1S/C13H18N2O3S/c1-2-18-12-5-3-4-11(13(12)15(16)17)14-10-6-8-19-9-7-10/h3-5,10,14H,2,6-9H2,1H3. The molecule has 1 N–H and O–H groups in total. The number of para-hydroxylation sites is 1. The lowest BCUT2D eigenvalue weighted by atomic mass is 10.1. The molecule has 1 aliphatic heterocycles. The van der Waals surface area contributed by atoms with Gasteiger partial charge < -0.3 is 10.1 Å². The fraction of sp³-hybridized carbons (Fsp3) is 0.538. The summed E-state index contributed by atoms with van der Waals surface area (Å²) < 4.78 is 5.34. The van der Waals surface area contributed by atoms with Crippen molar-refractivity contribution in [2.45, 2.75) is 25.8 Å². The highest BCUT2D eigenvalue weighted by Gasteiger charge is 2.23. The van der Waals surface area contributed by atoms with Crippen molar-refractivity contribution in [2.24, 2.45) is 0 Å². The molecule has 0 amide bonds. The van der Waals surface area contributed by atoms with Gasteiger partial charge in [-0.1, -0.05) is 6.07 Å². The SMILES string of the molecule is CCOc1cccc(NC2CCSCC2)c1[N+](=O)[O-]. The van der Waals surface area contributed by atoms with Crippen LogP contribution >= 0.6 is 11.8 Å². The molecule has 19 heavy (non-hydrogen) atoms. The van der Waals surface area contributed by atoms with E-state index in [4.69, 9.17) is 4.74 Å². The Labute approximate surface area is 116 Å². The van der Waals surface area contributed by atoms with Crippen LogP contribution in [0, 0.1) is 10.1 Å². The van der Waals surface area contributed by atoms with Gasteiger partial charge in [-0.15, -0.1) is 0 Å². The Morgan fingerprint density at radius 3 is 2.84 bits per heavy atom. The van der Waals surface area contributed by atoms with Crippen molar-refractivity contribution in [3.63, 3.8) is 0 Å². The molecule has 5 nitrogen and oxygen atoms in total. The third-order valence-corrected chi connectivity index (χ3v) is 4.11. The van der Waals surface area contributed by atoms with Gasteiger partial charge in [0, 0.05) is 6.04 Å². The number of nitrogens with one attached hydrogen (secondary N) is 1. The van der Waals surface area contributed by atoms with Crippen molar-refractivity contribution in [2.75, 3.05) is 23.4 Å². The second-order valence-corrected chi connectivity index (χ2v) is 5.60. The number of rotatable bonds is 5. The fourth-order valence-electron chi connectivity index (χ4n) is 2.16. The summed E-state index contributed by atoms with van der Waals surface area (Å²) in [6.07, 6.45) is 2.08. The highest BCUT2D eigenvalue weighted by atomic mass is 32.2. The Hall–Kier alpha value is -1.43. The van der Waals surface area contributed by atoms with Gasteiger partial charge in [0.15, 0.2) is 5.75 Å². The number of hydrogen-bond donors (Lipinski definition) is 1. The van der Waals surface area contributed by atoms with Gasteiger partial charge in [0.05, 0.1) is 11.5 Å². The molecule has 0 aliphatic carbocycles. The quantitative estimate of drug-likeness (QED) is 0.663. The van der Waals surface area contributed by atoms with Gasteiger partial charge in [-0.05, 0) is 43.4 Å². The minimum atomic E-state index is -0.370. The number of anilines is 1. The third kappa shape index (κ3) is 3.53. The van der Waals surface area contributed by atoms with Crippen LogP contribution in [0.15, 0.2) is 18.2 Å². The minimum absolute atomic E-state index is 0.0441. The zero-order valence-corrected chi connectivity index (χ0v) is 11.7. The molecule has 0 atom stereocenters. The smallest absolute Gasteiger partial charge is 0.333 e. The summed E-state index contributed by atoms with van der Waals surface area (Å²) in [6.45, 7) is 2.24. The van der Waals surface area contributed by atoms with E-state index in [1.807, 2.05) is 18.7 Å². The molecular weight excluding hydrogens is 264 g/mol. The molecular formula is C13H18N2O3S. The van der Waals surface area contributed by atoms with Crippen LogP contribution in [0.3, 0.4) is 0 Å². The van der Waals surface area contributed by atoms with Crippen LogP contribution in [0.2, 0.25) is 0 Å². The van der Waals surface area contributed by atoms with E-state index in [9.17, 15) is 10.1 Å². The maximum Gasteiger partial charge on any atom is 0.333 e. The van der Waals surface area contributed by atoms with Crippen LogP contribution in [0.25, 0.3) is 0 Å². The number of hydrogen-bond acceptors (Lipinski definition) is 5. The largest absolute Gasteiger partial charge is 0.487 e.